The maximum absolute atomic E-state index is 13.6. The fraction of sp³-hybridized carbons (Fsp3) is 0.476. The van der Waals surface area contributed by atoms with E-state index in [1.54, 1.807) is 23.5 Å². The molecule has 166 valence electrons. The van der Waals surface area contributed by atoms with Gasteiger partial charge in [-0.1, -0.05) is 12.1 Å². The fourth-order valence-electron chi connectivity index (χ4n) is 3.33. The Balaban J connectivity index is 0.00000320. The topological polar surface area (TPSA) is 69.1 Å². The quantitative estimate of drug-likeness (QED) is 0.269. The average molecular weight is 548 g/mol. The Labute approximate surface area is 198 Å². The number of guanidine groups is 1. The van der Waals surface area contributed by atoms with E-state index in [-0.39, 0.29) is 36.6 Å². The van der Waals surface area contributed by atoms with Crippen LogP contribution in [0.2, 0.25) is 0 Å². The summed E-state index contributed by atoms with van der Waals surface area (Å²) in [6, 6.07) is 9.25. The van der Waals surface area contributed by atoms with Gasteiger partial charge in [0.25, 0.3) is 0 Å². The van der Waals surface area contributed by atoms with Gasteiger partial charge in [0.15, 0.2) is 5.96 Å². The van der Waals surface area contributed by atoms with Crippen molar-refractivity contribution in [2.24, 2.45) is 4.99 Å². The molecule has 0 bridgehead atoms. The number of hydrogen-bond acceptors (Lipinski definition) is 5. The second-order valence-electron chi connectivity index (χ2n) is 6.84. The van der Waals surface area contributed by atoms with Crippen LogP contribution in [0.25, 0.3) is 0 Å². The summed E-state index contributed by atoms with van der Waals surface area (Å²) in [4.78, 5) is 8.40. The molecule has 1 aliphatic rings. The summed E-state index contributed by atoms with van der Waals surface area (Å²) in [7, 11) is 0. The van der Waals surface area contributed by atoms with Crippen LogP contribution in [0.15, 0.2) is 40.7 Å². The van der Waals surface area contributed by atoms with Gasteiger partial charge in [-0.3, -0.25) is 4.90 Å². The zero-order valence-corrected chi connectivity index (χ0v) is 20.3. The van der Waals surface area contributed by atoms with Gasteiger partial charge in [0, 0.05) is 36.6 Å². The Morgan fingerprint density at radius 3 is 2.77 bits per heavy atom. The molecule has 1 aliphatic heterocycles. The molecule has 3 rings (SSSR count). The highest BCUT2D eigenvalue weighted by Gasteiger charge is 2.23. The SMILES string of the molecule is CCNC(=NCc1ccc(F)c(CO)c1)NCC(c1cccs1)N1CCOCC1.I. The monoisotopic (exact) mass is 548 g/mol. The van der Waals surface area contributed by atoms with E-state index >= 15 is 0 Å². The molecule has 1 aromatic carbocycles. The standard InChI is InChI=1S/C21H29FN4O2S.HI/c1-2-23-21(24-13-16-5-6-18(22)17(12-16)15-27)25-14-19(20-4-3-11-29-20)26-7-9-28-10-8-26;/h3-6,11-12,19,27H,2,7-10,13-15H2,1H3,(H2,23,24,25);1H. The minimum absolute atomic E-state index is 0. The lowest BCUT2D eigenvalue weighted by atomic mass is 10.1. The summed E-state index contributed by atoms with van der Waals surface area (Å²) in [5.74, 6) is 0.326. The summed E-state index contributed by atoms with van der Waals surface area (Å²) in [5.41, 5.74) is 1.15. The van der Waals surface area contributed by atoms with Gasteiger partial charge in [0.05, 0.1) is 32.4 Å². The molecule has 30 heavy (non-hydrogen) atoms. The van der Waals surface area contributed by atoms with Crippen molar-refractivity contribution in [1.82, 2.24) is 15.5 Å². The molecule has 1 saturated heterocycles. The van der Waals surface area contributed by atoms with Gasteiger partial charge in [-0.25, -0.2) is 9.38 Å². The van der Waals surface area contributed by atoms with Crippen molar-refractivity contribution in [3.05, 3.63) is 57.5 Å². The predicted molar refractivity (Wildman–Crippen MR) is 130 cm³/mol. The van der Waals surface area contributed by atoms with Gasteiger partial charge >= 0.3 is 0 Å². The first-order valence-electron chi connectivity index (χ1n) is 9.96. The highest BCUT2D eigenvalue weighted by Crippen LogP contribution is 2.25. The second-order valence-corrected chi connectivity index (χ2v) is 7.82. The molecule has 6 nitrogen and oxygen atoms in total. The van der Waals surface area contributed by atoms with E-state index < -0.39 is 5.82 Å². The van der Waals surface area contributed by atoms with Crippen molar-refractivity contribution in [3.63, 3.8) is 0 Å². The molecule has 2 heterocycles. The van der Waals surface area contributed by atoms with Gasteiger partial charge in [-0.05, 0) is 36.1 Å². The number of hydrogen-bond donors (Lipinski definition) is 3. The molecule has 1 atom stereocenters. The molecule has 3 N–H and O–H groups in total. The minimum Gasteiger partial charge on any atom is -0.392 e. The number of benzene rings is 1. The molecule has 1 aromatic heterocycles. The number of nitrogens with one attached hydrogen (secondary N) is 2. The third kappa shape index (κ3) is 7.16. The van der Waals surface area contributed by atoms with Crippen molar-refractivity contribution in [1.29, 1.82) is 0 Å². The van der Waals surface area contributed by atoms with Crippen LogP contribution in [0.3, 0.4) is 0 Å². The Hall–Kier alpha value is -1.27. The molecule has 0 aliphatic carbocycles. The van der Waals surface area contributed by atoms with Crippen LogP contribution >= 0.6 is 35.3 Å². The predicted octanol–water partition coefficient (Wildman–Crippen LogP) is 3.13. The number of halogens is 2. The smallest absolute Gasteiger partial charge is 0.191 e. The molecule has 0 radical (unpaired) electrons. The lowest BCUT2D eigenvalue weighted by Gasteiger charge is -2.34. The molecule has 1 unspecified atom stereocenters. The van der Waals surface area contributed by atoms with Gasteiger partial charge in [0.2, 0.25) is 0 Å². The fourth-order valence-corrected chi connectivity index (χ4v) is 4.19. The maximum atomic E-state index is 13.6. The van der Waals surface area contributed by atoms with Crippen LogP contribution in [-0.2, 0) is 17.9 Å². The number of nitrogens with zero attached hydrogens (tertiary/aromatic N) is 2. The first-order valence-corrected chi connectivity index (χ1v) is 10.8. The number of rotatable bonds is 8. The van der Waals surface area contributed by atoms with E-state index in [4.69, 9.17) is 4.74 Å². The average Bonchev–Trinajstić information content (AvgIpc) is 3.28. The lowest BCUT2D eigenvalue weighted by Crippen LogP contribution is -2.46. The zero-order chi connectivity index (χ0) is 20.5. The number of morpholine rings is 1. The van der Waals surface area contributed by atoms with Crippen LogP contribution < -0.4 is 10.6 Å². The van der Waals surface area contributed by atoms with Crippen LogP contribution in [-0.4, -0.2) is 55.4 Å². The Kier molecular flexibility index (Phi) is 11.0. The van der Waals surface area contributed by atoms with Crippen molar-refractivity contribution >= 4 is 41.3 Å². The van der Waals surface area contributed by atoms with Gasteiger partial charge < -0.3 is 20.5 Å². The maximum Gasteiger partial charge on any atom is 0.191 e. The van der Waals surface area contributed by atoms with E-state index in [9.17, 15) is 9.50 Å². The van der Waals surface area contributed by atoms with Crippen LogP contribution in [0, 0.1) is 5.82 Å². The number of thiophene rings is 1. The lowest BCUT2D eigenvalue weighted by molar-refractivity contribution is 0.0177. The molecular formula is C21H30FIN4O2S. The Bertz CT molecular complexity index is 785. The van der Waals surface area contributed by atoms with Crippen LogP contribution in [0.5, 0.6) is 0 Å². The second kappa shape index (κ2) is 13.2. The third-order valence-electron chi connectivity index (χ3n) is 4.87. The zero-order valence-electron chi connectivity index (χ0n) is 17.1. The molecule has 0 saturated carbocycles. The summed E-state index contributed by atoms with van der Waals surface area (Å²) in [6.45, 7) is 6.94. The van der Waals surface area contributed by atoms with E-state index in [1.165, 1.54) is 10.9 Å². The number of ether oxygens (including phenoxy) is 1. The first-order chi connectivity index (χ1) is 14.2. The number of aliphatic imine (C=N–C) groups is 1. The van der Waals surface area contributed by atoms with Gasteiger partial charge in [-0.15, -0.1) is 35.3 Å². The van der Waals surface area contributed by atoms with Crippen LogP contribution in [0.4, 0.5) is 4.39 Å². The van der Waals surface area contributed by atoms with Gasteiger partial charge in [-0.2, -0.15) is 0 Å². The van der Waals surface area contributed by atoms with Crippen molar-refractivity contribution < 1.29 is 14.2 Å². The minimum atomic E-state index is -0.394. The Morgan fingerprint density at radius 2 is 2.10 bits per heavy atom. The van der Waals surface area contributed by atoms with Crippen LogP contribution in [0.1, 0.15) is 29.0 Å². The number of aliphatic hydroxyl groups excluding tert-OH is 1. The molecule has 1 fully saturated rings. The molecular weight excluding hydrogens is 518 g/mol. The molecule has 0 spiro atoms. The number of aliphatic hydroxyl groups is 1. The normalized spacial score (nSPS) is 16.0. The Morgan fingerprint density at radius 1 is 1.30 bits per heavy atom. The highest BCUT2D eigenvalue weighted by atomic mass is 127. The summed E-state index contributed by atoms with van der Waals surface area (Å²) in [5, 5.41) is 18.1. The van der Waals surface area contributed by atoms with E-state index in [2.05, 4.69) is 38.0 Å². The molecule has 9 heteroatoms. The largest absolute Gasteiger partial charge is 0.392 e. The van der Waals surface area contributed by atoms with Crippen molar-refractivity contribution in [2.75, 3.05) is 39.4 Å². The van der Waals surface area contributed by atoms with Gasteiger partial charge in [0.1, 0.15) is 5.82 Å². The summed E-state index contributed by atoms with van der Waals surface area (Å²) in [6.07, 6.45) is 0. The summed E-state index contributed by atoms with van der Waals surface area (Å²) >= 11 is 1.76. The third-order valence-corrected chi connectivity index (χ3v) is 5.84. The highest BCUT2D eigenvalue weighted by molar-refractivity contribution is 14.0. The van der Waals surface area contributed by atoms with E-state index in [0.29, 0.717) is 12.1 Å². The van der Waals surface area contributed by atoms with Crippen molar-refractivity contribution in [3.8, 4) is 0 Å². The molecule has 2 aromatic rings. The first kappa shape index (κ1) is 25.0. The van der Waals surface area contributed by atoms with E-state index in [1.807, 2.05) is 6.92 Å². The summed E-state index contributed by atoms with van der Waals surface area (Å²) < 4.78 is 19.1. The molecule has 0 amide bonds. The van der Waals surface area contributed by atoms with E-state index in [0.717, 1.165) is 50.9 Å². The van der Waals surface area contributed by atoms with Crippen molar-refractivity contribution in [2.45, 2.75) is 26.1 Å².